The largest absolute Gasteiger partial charge is 0.490 e. The number of hydrogen-bond acceptors (Lipinski definition) is 4. The Bertz CT molecular complexity index is 1180. The van der Waals surface area contributed by atoms with Crippen LogP contribution in [0.25, 0.3) is 25.7 Å². The molecule has 29 heavy (non-hydrogen) atoms. The lowest BCUT2D eigenvalue weighted by atomic mass is 10.2. The van der Waals surface area contributed by atoms with Gasteiger partial charge in [-0.05, 0) is 81.1 Å². The minimum Gasteiger partial charge on any atom is -0.490 e. The number of aryl methyl sites for hydroxylation is 1. The number of carboxylic acids is 1. The summed E-state index contributed by atoms with van der Waals surface area (Å²) in [5.41, 5.74) is 2.05. The van der Waals surface area contributed by atoms with Gasteiger partial charge >= 0.3 is 5.97 Å². The van der Waals surface area contributed by atoms with Gasteiger partial charge in [-0.1, -0.05) is 0 Å². The van der Waals surface area contributed by atoms with E-state index >= 15 is 0 Å². The molecule has 5 rings (SSSR count). The van der Waals surface area contributed by atoms with E-state index in [-0.39, 0.29) is 5.69 Å². The summed E-state index contributed by atoms with van der Waals surface area (Å²) >= 11 is 3.39. The van der Waals surface area contributed by atoms with Crippen LogP contribution in [-0.4, -0.2) is 21.7 Å². The van der Waals surface area contributed by atoms with Crippen molar-refractivity contribution in [2.75, 3.05) is 0 Å². The first kappa shape index (κ1) is 18.5. The molecule has 0 spiro atoms. The van der Waals surface area contributed by atoms with Crippen molar-refractivity contribution in [1.29, 1.82) is 0 Å². The number of hydrogen-bond donors (Lipinski definition) is 1. The van der Waals surface area contributed by atoms with Crippen molar-refractivity contribution < 1.29 is 14.6 Å². The van der Waals surface area contributed by atoms with Crippen LogP contribution in [0.5, 0.6) is 5.75 Å². The van der Waals surface area contributed by atoms with E-state index in [0.717, 1.165) is 34.5 Å². The molecule has 0 atom stereocenters. The van der Waals surface area contributed by atoms with Gasteiger partial charge in [0.05, 0.1) is 16.3 Å². The van der Waals surface area contributed by atoms with Crippen molar-refractivity contribution >= 4 is 38.9 Å². The second-order valence-corrected chi connectivity index (χ2v) is 9.83. The minimum absolute atomic E-state index is 0.282. The molecule has 0 radical (unpaired) electrons. The highest BCUT2D eigenvalue weighted by molar-refractivity contribution is 7.26. The SMILES string of the molecule is Cc1ccc(-c2cc3c(cc(C(=O)O)n3-c3ccc(OC4CCCC4)cc3)s2)s1. The zero-order chi connectivity index (χ0) is 20.0. The fourth-order valence-electron chi connectivity index (χ4n) is 3.99. The second kappa shape index (κ2) is 7.35. The summed E-state index contributed by atoms with van der Waals surface area (Å²) in [6.07, 6.45) is 5.00. The Morgan fingerprint density at radius 2 is 1.79 bits per heavy atom. The Hall–Kier alpha value is -2.57. The van der Waals surface area contributed by atoms with E-state index in [1.54, 1.807) is 28.7 Å². The predicted octanol–water partition coefficient (Wildman–Crippen LogP) is 6.75. The fourth-order valence-corrected chi connectivity index (χ4v) is 6.02. The monoisotopic (exact) mass is 423 g/mol. The molecule has 1 N–H and O–H groups in total. The molecule has 3 aromatic heterocycles. The summed E-state index contributed by atoms with van der Waals surface area (Å²) < 4.78 is 8.87. The van der Waals surface area contributed by atoms with E-state index in [2.05, 4.69) is 25.1 Å². The lowest BCUT2D eigenvalue weighted by Gasteiger charge is -2.14. The molecule has 1 aromatic carbocycles. The van der Waals surface area contributed by atoms with E-state index < -0.39 is 5.97 Å². The quantitative estimate of drug-likeness (QED) is 0.386. The number of carbonyl (C=O) groups is 1. The molecule has 0 saturated heterocycles. The Kier molecular flexibility index (Phi) is 4.68. The van der Waals surface area contributed by atoms with E-state index in [0.29, 0.717) is 6.10 Å². The van der Waals surface area contributed by atoms with Gasteiger partial charge in [0.25, 0.3) is 0 Å². The van der Waals surface area contributed by atoms with Crippen LogP contribution in [0.4, 0.5) is 0 Å². The second-order valence-electron chi connectivity index (χ2n) is 7.46. The first-order chi connectivity index (χ1) is 14.1. The highest BCUT2D eigenvalue weighted by atomic mass is 32.1. The van der Waals surface area contributed by atoms with Gasteiger partial charge in [-0.2, -0.15) is 0 Å². The molecule has 0 aliphatic heterocycles. The van der Waals surface area contributed by atoms with Gasteiger partial charge in [0, 0.05) is 20.3 Å². The molecule has 0 bridgehead atoms. The first-order valence-electron chi connectivity index (χ1n) is 9.81. The van der Waals surface area contributed by atoms with E-state index in [1.165, 1.54) is 27.5 Å². The third-order valence-corrected chi connectivity index (χ3v) is 7.66. The Balaban J connectivity index is 1.54. The van der Waals surface area contributed by atoms with E-state index in [9.17, 15) is 9.90 Å². The summed E-state index contributed by atoms with van der Waals surface area (Å²) in [5, 5.41) is 9.74. The van der Waals surface area contributed by atoms with Crippen LogP contribution >= 0.6 is 22.7 Å². The summed E-state index contributed by atoms with van der Waals surface area (Å²) in [6.45, 7) is 2.10. The molecule has 4 nitrogen and oxygen atoms in total. The highest BCUT2D eigenvalue weighted by Gasteiger charge is 2.20. The van der Waals surface area contributed by atoms with Crippen molar-refractivity contribution in [3.63, 3.8) is 0 Å². The zero-order valence-electron chi connectivity index (χ0n) is 16.1. The molecule has 148 valence electrons. The number of carboxylic acid groups (broad SMARTS) is 1. The van der Waals surface area contributed by atoms with Crippen molar-refractivity contribution in [3.05, 3.63) is 59.1 Å². The Morgan fingerprint density at radius 1 is 1.03 bits per heavy atom. The van der Waals surface area contributed by atoms with Gasteiger partial charge < -0.3 is 14.4 Å². The molecule has 3 heterocycles. The molecule has 4 aromatic rings. The minimum atomic E-state index is -0.923. The molecule has 0 unspecified atom stereocenters. The van der Waals surface area contributed by atoms with Crippen LogP contribution < -0.4 is 4.74 Å². The average molecular weight is 424 g/mol. The maximum absolute atomic E-state index is 11.9. The molecular formula is C23H21NO3S2. The van der Waals surface area contributed by atoms with Crippen molar-refractivity contribution in [3.8, 4) is 21.2 Å². The molecule has 0 amide bonds. The van der Waals surface area contributed by atoms with Crippen LogP contribution in [0, 0.1) is 6.92 Å². The van der Waals surface area contributed by atoms with Crippen LogP contribution in [0.15, 0.2) is 48.5 Å². The maximum atomic E-state index is 11.9. The number of fused-ring (bicyclic) bond motifs is 1. The fraction of sp³-hybridized carbons (Fsp3) is 0.261. The van der Waals surface area contributed by atoms with Crippen LogP contribution in [0.2, 0.25) is 0 Å². The van der Waals surface area contributed by atoms with Crippen LogP contribution in [0.3, 0.4) is 0 Å². The predicted molar refractivity (Wildman–Crippen MR) is 119 cm³/mol. The number of aromatic nitrogens is 1. The third-order valence-electron chi connectivity index (χ3n) is 5.39. The smallest absolute Gasteiger partial charge is 0.352 e. The van der Waals surface area contributed by atoms with Gasteiger partial charge in [0.15, 0.2) is 0 Å². The van der Waals surface area contributed by atoms with Gasteiger partial charge in [-0.15, -0.1) is 22.7 Å². The number of aromatic carboxylic acids is 1. The lowest BCUT2D eigenvalue weighted by molar-refractivity contribution is 0.0688. The van der Waals surface area contributed by atoms with Crippen molar-refractivity contribution in [1.82, 2.24) is 4.57 Å². The normalized spacial score (nSPS) is 14.7. The number of benzene rings is 1. The summed E-state index contributed by atoms with van der Waals surface area (Å²) in [7, 11) is 0. The molecular weight excluding hydrogens is 402 g/mol. The summed E-state index contributed by atoms with van der Waals surface area (Å²) in [4.78, 5) is 15.5. The van der Waals surface area contributed by atoms with Crippen LogP contribution in [-0.2, 0) is 0 Å². The molecule has 1 aliphatic rings. The molecule has 1 saturated carbocycles. The van der Waals surface area contributed by atoms with E-state index in [1.807, 2.05) is 28.8 Å². The summed E-state index contributed by atoms with van der Waals surface area (Å²) in [6, 6.07) is 15.9. The van der Waals surface area contributed by atoms with Crippen molar-refractivity contribution in [2.45, 2.75) is 38.7 Å². The standard InChI is InChI=1S/C23H21NO3S2/c1-14-6-11-20(28-14)22-12-18-21(29-22)13-19(23(25)26)24(18)15-7-9-17(10-8-15)27-16-4-2-3-5-16/h6-13,16H,2-5H2,1H3,(H,25,26). The zero-order valence-corrected chi connectivity index (χ0v) is 17.7. The molecule has 1 fully saturated rings. The van der Waals surface area contributed by atoms with E-state index in [4.69, 9.17) is 4.74 Å². The number of thiophene rings is 2. The number of nitrogens with zero attached hydrogens (tertiary/aromatic N) is 1. The Labute approximate surface area is 177 Å². The highest BCUT2D eigenvalue weighted by Crippen LogP contribution is 2.39. The number of rotatable bonds is 5. The first-order valence-corrected chi connectivity index (χ1v) is 11.4. The van der Waals surface area contributed by atoms with Gasteiger partial charge in [-0.25, -0.2) is 4.79 Å². The number of ether oxygens (including phenoxy) is 1. The summed E-state index contributed by atoms with van der Waals surface area (Å²) in [5.74, 6) is -0.0748. The van der Waals surface area contributed by atoms with Crippen molar-refractivity contribution in [2.24, 2.45) is 0 Å². The topological polar surface area (TPSA) is 51.5 Å². The van der Waals surface area contributed by atoms with Gasteiger partial charge in [-0.3, -0.25) is 0 Å². The maximum Gasteiger partial charge on any atom is 0.352 e. The Morgan fingerprint density at radius 3 is 2.45 bits per heavy atom. The molecule has 6 heteroatoms. The van der Waals surface area contributed by atoms with Gasteiger partial charge in [0.2, 0.25) is 0 Å². The third kappa shape index (κ3) is 3.47. The molecule has 1 aliphatic carbocycles. The average Bonchev–Trinajstić information content (AvgIpc) is 3.46. The van der Waals surface area contributed by atoms with Crippen LogP contribution in [0.1, 0.15) is 41.0 Å². The lowest BCUT2D eigenvalue weighted by Crippen LogP contribution is -2.11. The van der Waals surface area contributed by atoms with Gasteiger partial charge in [0.1, 0.15) is 11.4 Å².